The maximum Gasteiger partial charge on any atom is 0.284 e. The molecule has 1 amide bonds. The molecule has 6 heteroatoms. The van der Waals surface area contributed by atoms with Crippen LogP contribution in [0, 0.1) is 0 Å². The van der Waals surface area contributed by atoms with E-state index in [0.717, 1.165) is 10.8 Å². The van der Waals surface area contributed by atoms with Crippen molar-refractivity contribution in [2.45, 2.75) is 6.10 Å². The normalized spacial score (nSPS) is 18.8. The van der Waals surface area contributed by atoms with E-state index in [-0.39, 0.29) is 25.7 Å². The Kier molecular flexibility index (Phi) is 4.01. The summed E-state index contributed by atoms with van der Waals surface area (Å²) in [6.45, 7) is 0.206. The Labute approximate surface area is 105 Å². The van der Waals surface area contributed by atoms with Gasteiger partial charge in [-0.05, 0) is 24.3 Å². The lowest BCUT2D eigenvalue weighted by Crippen LogP contribution is -2.32. The summed E-state index contributed by atoms with van der Waals surface area (Å²) in [4.78, 5) is 16.6. The molecule has 1 aliphatic rings. The van der Waals surface area contributed by atoms with Gasteiger partial charge in [0.2, 0.25) is 0 Å². The van der Waals surface area contributed by atoms with Crippen LogP contribution in [-0.4, -0.2) is 49.0 Å². The third kappa shape index (κ3) is 3.12. The standard InChI is InChI=1S/C12H15NO5/c1-16-10-2-4-11(5-3-10)17-8-12(15)13-6-9(14)7-18-13/h2-5,9,14H,6-8H2,1H3. The zero-order chi connectivity index (χ0) is 13.0. The van der Waals surface area contributed by atoms with Crippen molar-refractivity contribution in [3.8, 4) is 11.5 Å². The van der Waals surface area contributed by atoms with E-state index in [9.17, 15) is 9.90 Å². The minimum absolute atomic E-state index is 0.126. The van der Waals surface area contributed by atoms with E-state index < -0.39 is 6.10 Å². The molecule has 1 aliphatic heterocycles. The zero-order valence-electron chi connectivity index (χ0n) is 10.0. The first-order valence-corrected chi connectivity index (χ1v) is 5.57. The van der Waals surface area contributed by atoms with E-state index in [1.807, 2.05) is 0 Å². The molecule has 0 bridgehead atoms. The van der Waals surface area contributed by atoms with Crippen molar-refractivity contribution in [3.05, 3.63) is 24.3 Å². The number of carbonyl (C=O) groups excluding carboxylic acids is 1. The molecule has 1 heterocycles. The van der Waals surface area contributed by atoms with Gasteiger partial charge in [-0.2, -0.15) is 0 Å². The summed E-state index contributed by atoms with van der Waals surface area (Å²) in [5.74, 6) is 0.978. The summed E-state index contributed by atoms with van der Waals surface area (Å²) in [6, 6.07) is 6.92. The van der Waals surface area contributed by atoms with E-state index in [4.69, 9.17) is 14.3 Å². The number of aliphatic hydroxyl groups excluding tert-OH is 1. The van der Waals surface area contributed by atoms with Gasteiger partial charge in [-0.15, -0.1) is 0 Å². The highest BCUT2D eigenvalue weighted by Crippen LogP contribution is 2.17. The maximum absolute atomic E-state index is 11.6. The summed E-state index contributed by atoms with van der Waals surface area (Å²) in [5.41, 5.74) is 0. The van der Waals surface area contributed by atoms with Crippen LogP contribution in [0.15, 0.2) is 24.3 Å². The van der Waals surface area contributed by atoms with Gasteiger partial charge in [-0.3, -0.25) is 9.63 Å². The molecule has 18 heavy (non-hydrogen) atoms. The first-order chi connectivity index (χ1) is 8.69. The third-order valence-corrected chi connectivity index (χ3v) is 2.50. The maximum atomic E-state index is 11.6. The molecule has 1 saturated heterocycles. The monoisotopic (exact) mass is 253 g/mol. The van der Waals surface area contributed by atoms with E-state index in [1.165, 1.54) is 0 Å². The Balaban J connectivity index is 1.81. The molecular formula is C12H15NO5. The Morgan fingerprint density at radius 2 is 2.11 bits per heavy atom. The topological polar surface area (TPSA) is 68.2 Å². The molecule has 98 valence electrons. The summed E-state index contributed by atoms with van der Waals surface area (Å²) < 4.78 is 10.3. The van der Waals surface area contributed by atoms with Crippen molar-refractivity contribution < 1.29 is 24.2 Å². The average molecular weight is 253 g/mol. The second-order valence-electron chi connectivity index (χ2n) is 3.87. The number of hydrogen-bond donors (Lipinski definition) is 1. The van der Waals surface area contributed by atoms with E-state index in [1.54, 1.807) is 31.4 Å². The van der Waals surface area contributed by atoms with E-state index in [2.05, 4.69) is 0 Å². The molecule has 1 aromatic rings. The lowest BCUT2D eigenvalue weighted by molar-refractivity contribution is -0.170. The molecule has 2 rings (SSSR count). The highest BCUT2D eigenvalue weighted by molar-refractivity contribution is 5.76. The van der Waals surface area contributed by atoms with Gasteiger partial charge in [0.25, 0.3) is 5.91 Å². The van der Waals surface area contributed by atoms with Gasteiger partial charge in [-0.25, -0.2) is 5.06 Å². The zero-order valence-corrected chi connectivity index (χ0v) is 10.0. The number of hydrogen-bond acceptors (Lipinski definition) is 5. The number of rotatable bonds is 4. The van der Waals surface area contributed by atoms with Gasteiger partial charge >= 0.3 is 0 Å². The fourth-order valence-corrected chi connectivity index (χ4v) is 1.54. The number of β-amino-alcohol motifs (C(OH)–C–C–N with tert-alkyl or cyclic N) is 1. The molecule has 1 unspecified atom stereocenters. The highest BCUT2D eigenvalue weighted by atomic mass is 16.7. The second kappa shape index (κ2) is 5.70. The van der Waals surface area contributed by atoms with Crippen molar-refractivity contribution in [2.24, 2.45) is 0 Å². The van der Waals surface area contributed by atoms with Crippen LogP contribution in [0.3, 0.4) is 0 Å². The van der Waals surface area contributed by atoms with Gasteiger partial charge in [-0.1, -0.05) is 0 Å². The fourth-order valence-electron chi connectivity index (χ4n) is 1.54. The van der Waals surface area contributed by atoms with Crippen molar-refractivity contribution >= 4 is 5.91 Å². The van der Waals surface area contributed by atoms with Crippen LogP contribution in [-0.2, 0) is 9.63 Å². The van der Waals surface area contributed by atoms with Gasteiger partial charge in [0.15, 0.2) is 6.61 Å². The number of amides is 1. The third-order valence-electron chi connectivity index (χ3n) is 2.50. The van der Waals surface area contributed by atoms with Gasteiger partial charge in [0, 0.05) is 0 Å². The lowest BCUT2D eigenvalue weighted by Gasteiger charge is -2.14. The number of hydroxylamine groups is 2. The van der Waals surface area contributed by atoms with E-state index in [0.29, 0.717) is 5.75 Å². The summed E-state index contributed by atoms with van der Waals surface area (Å²) in [6.07, 6.45) is -0.616. The molecule has 0 spiro atoms. The van der Waals surface area contributed by atoms with Crippen molar-refractivity contribution in [3.63, 3.8) is 0 Å². The number of carbonyl (C=O) groups is 1. The van der Waals surface area contributed by atoms with Crippen molar-refractivity contribution in [2.75, 3.05) is 26.9 Å². The molecule has 0 saturated carbocycles. The molecule has 0 aromatic heterocycles. The first-order valence-electron chi connectivity index (χ1n) is 5.57. The van der Waals surface area contributed by atoms with Crippen molar-refractivity contribution in [1.82, 2.24) is 5.06 Å². The minimum Gasteiger partial charge on any atom is -0.497 e. The predicted molar refractivity (Wildman–Crippen MR) is 62.2 cm³/mol. The number of benzene rings is 1. The average Bonchev–Trinajstić information content (AvgIpc) is 2.83. The Bertz CT molecular complexity index is 405. The fraction of sp³-hybridized carbons (Fsp3) is 0.417. The van der Waals surface area contributed by atoms with Crippen LogP contribution in [0.4, 0.5) is 0 Å². The number of aliphatic hydroxyl groups is 1. The van der Waals surface area contributed by atoms with Crippen molar-refractivity contribution in [1.29, 1.82) is 0 Å². The molecule has 0 radical (unpaired) electrons. The lowest BCUT2D eigenvalue weighted by atomic mass is 10.3. The number of nitrogens with zero attached hydrogens (tertiary/aromatic N) is 1. The molecule has 1 atom stereocenters. The van der Waals surface area contributed by atoms with Crippen LogP contribution < -0.4 is 9.47 Å². The molecular weight excluding hydrogens is 238 g/mol. The molecule has 1 fully saturated rings. The second-order valence-corrected chi connectivity index (χ2v) is 3.87. The Hall–Kier alpha value is -1.79. The Morgan fingerprint density at radius 3 is 2.67 bits per heavy atom. The van der Waals surface area contributed by atoms with Gasteiger partial charge < -0.3 is 14.6 Å². The van der Waals surface area contributed by atoms with Gasteiger partial charge in [0.05, 0.1) is 13.7 Å². The molecule has 6 nitrogen and oxygen atoms in total. The van der Waals surface area contributed by atoms with Crippen LogP contribution >= 0.6 is 0 Å². The minimum atomic E-state index is -0.616. The number of methoxy groups -OCH3 is 1. The smallest absolute Gasteiger partial charge is 0.284 e. The first kappa shape index (κ1) is 12.7. The van der Waals surface area contributed by atoms with Crippen LogP contribution in [0.25, 0.3) is 0 Å². The number of ether oxygens (including phenoxy) is 2. The predicted octanol–water partition coefficient (Wildman–Crippen LogP) is 0.209. The summed E-state index contributed by atoms with van der Waals surface area (Å²) >= 11 is 0. The largest absolute Gasteiger partial charge is 0.497 e. The van der Waals surface area contributed by atoms with Crippen LogP contribution in [0.1, 0.15) is 0 Å². The van der Waals surface area contributed by atoms with Crippen LogP contribution in [0.2, 0.25) is 0 Å². The summed E-state index contributed by atoms with van der Waals surface area (Å²) in [5, 5.41) is 10.3. The SMILES string of the molecule is COc1ccc(OCC(=O)N2CC(O)CO2)cc1. The Morgan fingerprint density at radius 1 is 1.44 bits per heavy atom. The van der Waals surface area contributed by atoms with Crippen LogP contribution in [0.5, 0.6) is 11.5 Å². The molecule has 1 aromatic carbocycles. The highest BCUT2D eigenvalue weighted by Gasteiger charge is 2.26. The van der Waals surface area contributed by atoms with Gasteiger partial charge in [0.1, 0.15) is 24.2 Å². The summed E-state index contributed by atoms with van der Waals surface area (Å²) in [7, 11) is 1.58. The molecule has 0 aliphatic carbocycles. The molecule has 1 N–H and O–H groups in total. The quantitative estimate of drug-likeness (QED) is 0.830. The van der Waals surface area contributed by atoms with E-state index >= 15 is 0 Å².